The first-order valence-corrected chi connectivity index (χ1v) is 10.2. The highest BCUT2D eigenvalue weighted by Gasteiger charge is 2.31. The topological polar surface area (TPSA) is 64.0 Å². The van der Waals surface area contributed by atoms with Crippen LogP contribution >= 0.6 is 11.6 Å². The minimum Gasteiger partial charge on any atom is -0.327 e. The molecular weight excluding hydrogens is 415 g/mol. The van der Waals surface area contributed by atoms with Crippen LogP contribution in [0.4, 0.5) is 13.2 Å². The lowest BCUT2D eigenvalue weighted by Crippen LogP contribution is -2.28. The van der Waals surface area contributed by atoms with Gasteiger partial charge in [-0.1, -0.05) is 17.7 Å². The Morgan fingerprint density at radius 2 is 1.93 bits per heavy atom. The predicted octanol–water partition coefficient (Wildman–Crippen LogP) is 4.77. The molecule has 150 valence electrons. The number of imidazole rings is 1. The molecule has 10 heteroatoms. The zero-order valence-electron chi connectivity index (χ0n) is 15.0. The molecule has 0 bridgehead atoms. The van der Waals surface area contributed by atoms with Crippen molar-refractivity contribution in [3.05, 3.63) is 58.9 Å². The molecule has 5 nitrogen and oxygen atoms in total. The van der Waals surface area contributed by atoms with Crippen LogP contribution in [-0.2, 0) is 22.7 Å². The van der Waals surface area contributed by atoms with Gasteiger partial charge in [-0.25, -0.2) is 18.1 Å². The van der Waals surface area contributed by atoms with Crippen LogP contribution < -0.4 is 4.72 Å². The van der Waals surface area contributed by atoms with Crippen molar-refractivity contribution in [2.75, 3.05) is 0 Å². The summed E-state index contributed by atoms with van der Waals surface area (Å²) in [6.07, 6.45) is -4.48. The smallest absolute Gasteiger partial charge is 0.327 e. The van der Waals surface area contributed by atoms with Crippen molar-refractivity contribution in [3.8, 4) is 0 Å². The van der Waals surface area contributed by atoms with E-state index in [1.807, 2.05) is 0 Å². The Balaban J connectivity index is 2.00. The highest BCUT2D eigenvalue weighted by molar-refractivity contribution is 7.89. The number of halogens is 4. The second kappa shape index (κ2) is 7.38. The zero-order chi connectivity index (χ0) is 20.7. The summed E-state index contributed by atoms with van der Waals surface area (Å²) in [5.41, 5.74) is -0.131. The highest BCUT2D eigenvalue weighted by atomic mass is 35.5. The molecule has 1 aromatic heterocycles. The summed E-state index contributed by atoms with van der Waals surface area (Å²) in [5.74, 6) is 0.322. The highest BCUT2D eigenvalue weighted by Crippen LogP contribution is 2.32. The van der Waals surface area contributed by atoms with Crippen molar-refractivity contribution in [1.29, 1.82) is 0 Å². The van der Waals surface area contributed by atoms with Gasteiger partial charge in [0.15, 0.2) is 0 Å². The molecule has 0 fully saturated rings. The van der Waals surface area contributed by atoms with E-state index in [-0.39, 0.29) is 9.92 Å². The number of aryl methyl sites for hydroxylation is 1. The molecule has 0 aliphatic carbocycles. The van der Waals surface area contributed by atoms with Gasteiger partial charge in [-0.15, -0.1) is 0 Å². The second-order valence-electron chi connectivity index (χ2n) is 6.22. The fourth-order valence-corrected chi connectivity index (χ4v) is 4.47. The van der Waals surface area contributed by atoms with E-state index in [4.69, 9.17) is 11.6 Å². The van der Waals surface area contributed by atoms with Gasteiger partial charge in [0.05, 0.1) is 27.5 Å². The Morgan fingerprint density at radius 1 is 1.21 bits per heavy atom. The van der Waals surface area contributed by atoms with Crippen LogP contribution in [0.5, 0.6) is 0 Å². The summed E-state index contributed by atoms with van der Waals surface area (Å²) in [6.45, 7) is 3.67. The third-order valence-corrected chi connectivity index (χ3v) is 6.02. The van der Waals surface area contributed by atoms with Crippen molar-refractivity contribution in [3.63, 3.8) is 0 Å². The molecule has 0 amide bonds. The van der Waals surface area contributed by atoms with Gasteiger partial charge in [0.2, 0.25) is 10.0 Å². The van der Waals surface area contributed by atoms with Crippen molar-refractivity contribution in [2.24, 2.45) is 0 Å². The van der Waals surface area contributed by atoms with E-state index in [0.29, 0.717) is 23.4 Å². The summed E-state index contributed by atoms with van der Waals surface area (Å²) < 4.78 is 68.4. The number of fused-ring (bicyclic) bond motifs is 1. The molecule has 0 aliphatic heterocycles. The number of nitrogens with zero attached hydrogens (tertiary/aromatic N) is 2. The largest absolute Gasteiger partial charge is 0.416 e. The number of aromatic nitrogens is 2. The monoisotopic (exact) mass is 431 g/mol. The van der Waals surface area contributed by atoms with Crippen LogP contribution in [0, 0.1) is 0 Å². The number of nitrogens with one attached hydrogen (secondary N) is 1. The zero-order valence-corrected chi connectivity index (χ0v) is 16.5. The number of rotatable bonds is 5. The first-order chi connectivity index (χ1) is 13.0. The van der Waals surface area contributed by atoms with E-state index in [0.717, 1.165) is 12.1 Å². The molecular formula is C18H17ClF3N3O2S. The molecule has 1 heterocycles. The van der Waals surface area contributed by atoms with Gasteiger partial charge in [0, 0.05) is 11.6 Å². The minimum atomic E-state index is -4.48. The number of hydrogen-bond donors (Lipinski definition) is 1. The van der Waals surface area contributed by atoms with Gasteiger partial charge >= 0.3 is 6.18 Å². The van der Waals surface area contributed by atoms with Gasteiger partial charge in [0.1, 0.15) is 5.82 Å². The fourth-order valence-electron chi connectivity index (χ4n) is 2.97. The molecule has 3 rings (SSSR count). The summed E-state index contributed by atoms with van der Waals surface area (Å²) in [5, 5.41) is 0.274. The van der Waals surface area contributed by atoms with E-state index in [1.54, 1.807) is 24.5 Å². The lowest BCUT2D eigenvalue weighted by Gasteiger charge is -2.16. The average molecular weight is 432 g/mol. The first-order valence-electron chi connectivity index (χ1n) is 8.38. The molecule has 0 saturated heterocycles. The third-order valence-electron chi connectivity index (χ3n) is 4.25. The Labute approximate surface area is 165 Å². The Bertz CT molecular complexity index is 1130. The van der Waals surface area contributed by atoms with E-state index >= 15 is 0 Å². The quantitative estimate of drug-likeness (QED) is 0.633. The molecule has 2 aromatic carbocycles. The second-order valence-corrected chi connectivity index (χ2v) is 8.37. The van der Waals surface area contributed by atoms with E-state index < -0.39 is 27.8 Å². The van der Waals surface area contributed by atoms with Crippen molar-refractivity contribution < 1.29 is 21.6 Å². The lowest BCUT2D eigenvalue weighted by molar-refractivity contribution is -0.137. The van der Waals surface area contributed by atoms with E-state index in [1.165, 1.54) is 24.3 Å². The maximum absolute atomic E-state index is 13.0. The van der Waals surface area contributed by atoms with Crippen LogP contribution in [0.3, 0.4) is 0 Å². The number of benzene rings is 2. The van der Waals surface area contributed by atoms with Crippen molar-refractivity contribution in [1.82, 2.24) is 14.3 Å². The Kier molecular flexibility index (Phi) is 5.44. The summed E-state index contributed by atoms with van der Waals surface area (Å²) in [4.78, 5) is 4.34. The molecule has 0 radical (unpaired) electrons. The first kappa shape index (κ1) is 20.6. The number of hydrogen-bond acceptors (Lipinski definition) is 3. The van der Waals surface area contributed by atoms with Crippen LogP contribution in [-0.4, -0.2) is 18.0 Å². The van der Waals surface area contributed by atoms with Gasteiger partial charge < -0.3 is 4.57 Å². The normalized spacial score (nSPS) is 13.8. The van der Waals surface area contributed by atoms with Crippen LogP contribution in [0.15, 0.2) is 47.4 Å². The molecule has 1 atom stereocenters. The Morgan fingerprint density at radius 3 is 2.54 bits per heavy atom. The molecule has 1 N–H and O–H groups in total. The Hall–Kier alpha value is -2.10. The molecule has 0 aliphatic rings. The number of alkyl halides is 3. The molecule has 0 spiro atoms. The summed E-state index contributed by atoms with van der Waals surface area (Å²) >= 11 is 5.86. The van der Waals surface area contributed by atoms with Gasteiger partial charge in [-0.3, -0.25) is 0 Å². The van der Waals surface area contributed by atoms with E-state index in [2.05, 4.69) is 9.71 Å². The SMILES string of the molecule is CCn1c([C@@H](C)NS(=O)(=O)c2cccc(Cl)c2)nc2ccc(C(F)(F)F)cc21. The van der Waals surface area contributed by atoms with Gasteiger partial charge in [0.25, 0.3) is 0 Å². The summed E-state index contributed by atoms with van der Waals surface area (Å²) in [6, 6.07) is 8.28. The van der Waals surface area contributed by atoms with Crippen molar-refractivity contribution >= 4 is 32.7 Å². The van der Waals surface area contributed by atoms with Gasteiger partial charge in [-0.2, -0.15) is 13.2 Å². The van der Waals surface area contributed by atoms with E-state index in [9.17, 15) is 21.6 Å². The molecule has 0 saturated carbocycles. The van der Waals surface area contributed by atoms with Crippen molar-refractivity contribution in [2.45, 2.75) is 37.5 Å². The number of sulfonamides is 1. The maximum atomic E-state index is 13.0. The lowest BCUT2D eigenvalue weighted by atomic mass is 10.2. The molecule has 0 unspecified atom stereocenters. The van der Waals surface area contributed by atoms with Crippen LogP contribution in [0.1, 0.15) is 31.3 Å². The molecule has 28 heavy (non-hydrogen) atoms. The standard InChI is InChI=1S/C18H17ClF3N3O2S/c1-3-25-16-9-12(18(20,21)22)7-8-15(16)23-17(25)11(2)24-28(26,27)14-6-4-5-13(19)10-14/h4-11,24H,3H2,1-2H3/t11-/m1/s1. The maximum Gasteiger partial charge on any atom is 0.416 e. The average Bonchev–Trinajstić information content (AvgIpc) is 2.98. The fraction of sp³-hybridized carbons (Fsp3) is 0.278. The van der Waals surface area contributed by atoms with Gasteiger partial charge in [-0.05, 0) is 50.2 Å². The predicted molar refractivity (Wildman–Crippen MR) is 101 cm³/mol. The minimum absolute atomic E-state index is 0.00892. The third kappa shape index (κ3) is 4.01. The van der Waals surface area contributed by atoms with Crippen LogP contribution in [0.25, 0.3) is 11.0 Å². The van der Waals surface area contributed by atoms with Crippen LogP contribution in [0.2, 0.25) is 5.02 Å². The summed E-state index contributed by atoms with van der Waals surface area (Å²) in [7, 11) is -3.89. The molecule has 3 aromatic rings.